The van der Waals surface area contributed by atoms with Crippen LogP contribution in [0.15, 0.2) is 53.7 Å². The van der Waals surface area contributed by atoms with Crippen LogP contribution in [0.2, 0.25) is 5.15 Å². The Kier molecular flexibility index (Phi) is 9.78. The lowest BCUT2D eigenvalue weighted by molar-refractivity contribution is -0.118. The Hall–Kier alpha value is -3.37. The highest BCUT2D eigenvalue weighted by Crippen LogP contribution is 2.28. The van der Waals surface area contributed by atoms with Crippen LogP contribution < -0.4 is 29.3 Å². The van der Waals surface area contributed by atoms with Gasteiger partial charge in [0.25, 0.3) is 0 Å². The van der Waals surface area contributed by atoms with Crippen LogP contribution in [0.3, 0.4) is 0 Å². The van der Waals surface area contributed by atoms with Gasteiger partial charge < -0.3 is 29.3 Å². The Morgan fingerprint density at radius 3 is 2.32 bits per heavy atom. The van der Waals surface area contributed by atoms with E-state index in [4.69, 9.17) is 25.8 Å². The molecule has 2 heterocycles. The maximum Gasteiger partial charge on any atom is 0.230 e. The molecule has 3 aromatic rings. The van der Waals surface area contributed by atoms with Crippen LogP contribution in [0.1, 0.15) is 5.56 Å². The number of halogens is 1. The normalized spacial score (nSPS) is 13.3. The van der Waals surface area contributed by atoms with Gasteiger partial charge in [0.2, 0.25) is 5.91 Å². The molecule has 9 nitrogen and oxygen atoms in total. The first kappa shape index (κ1) is 27.7. The predicted octanol–water partition coefficient (Wildman–Crippen LogP) is 3.93. The van der Waals surface area contributed by atoms with Crippen LogP contribution in [0.5, 0.6) is 17.2 Å². The van der Waals surface area contributed by atoms with Crippen molar-refractivity contribution in [2.24, 2.45) is 0 Å². The molecule has 0 saturated carbocycles. The van der Waals surface area contributed by atoms with E-state index in [1.54, 1.807) is 27.4 Å². The van der Waals surface area contributed by atoms with Gasteiger partial charge in [-0.3, -0.25) is 4.79 Å². The molecule has 1 saturated heterocycles. The first-order valence-electron chi connectivity index (χ1n) is 12.3. The molecule has 11 heteroatoms. The first-order valence-corrected chi connectivity index (χ1v) is 13.6. The Labute approximate surface area is 232 Å². The molecule has 0 aliphatic carbocycles. The van der Waals surface area contributed by atoms with Gasteiger partial charge in [-0.05, 0) is 48.4 Å². The highest BCUT2D eigenvalue weighted by Gasteiger charge is 2.20. The van der Waals surface area contributed by atoms with Crippen molar-refractivity contribution in [3.05, 3.63) is 59.2 Å². The summed E-state index contributed by atoms with van der Waals surface area (Å²) in [5, 5.41) is 3.79. The van der Waals surface area contributed by atoms with Crippen molar-refractivity contribution < 1.29 is 19.0 Å². The minimum absolute atomic E-state index is 0.0892. The second kappa shape index (κ2) is 13.4. The van der Waals surface area contributed by atoms with Crippen molar-refractivity contribution in [3.63, 3.8) is 0 Å². The quantitative estimate of drug-likeness (QED) is 0.214. The molecule has 1 aromatic heterocycles. The number of aromatic nitrogens is 2. The molecule has 202 valence electrons. The van der Waals surface area contributed by atoms with Gasteiger partial charge in [-0.25, -0.2) is 9.97 Å². The molecular formula is C27H32ClN5O4S. The number of hydrogen-bond acceptors (Lipinski definition) is 9. The molecule has 1 aliphatic heterocycles. The van der Waals surface area contributed by atoms with Gasteiger partial charge in [-0.1, -0.05) is 29.4 Å². The monoisotopic (exact) mass is 557 g/mol. The van der Waals surface area contributed by atoms with Crippen molar-refractivity contribution in [1.29, 1.82) is 0 Å². The summed E-state index contributed by atoms with van der Waals surface area (Å²) in [4.78, 5) is 25.9. The van der Waals surface area contributed by atoms with E-state index >= 15 is 0 Å². The van der Waals surface area contributed by atoms with E-state index in [0.717, 1.165) is 43.3 Å². The minimum atomic E-state index is -0.0892. The summed E-state index contributed by atoms with van der Waals surface area (Å²) in [6.07, 6.45) is 0.678. The van der Waals surface area contributed by atoms with Gasteiger partial charge in [0.1, 0.15) is 16.7 Å². The fourth-order valence-corrected chi connectivity index (χ4v) is 5.07. The number of nitrogens with one attached hydrogen (secondary N) is 1. The van der Waals surface area contributed by atoms with E-state index in [9.17, 15) is 4.79 Å². The van der Waals surface area contributed by atoms with Crippen LogP contribution in [0.25, 0.3) is 0 Å². The zero-order valence-corrected chi connectivity index (χ0v) is 23.3. The summed E-state index contributed by atoms with van der Waals surface area (Å²) in [5.74, 6) is 3.08. The second-order valence-corrected chi connectivity index (χ2v) is 9.91. The number of carbonyl (C=O) groups excluding carboxylic acids is 1. The smallest absolute Gasteiger partial charge is 0.230 e. The van der Waals surface area contributed by atoms with Gasteiger partial charge >= 0.3 is 0 Å². The maximum atomic E-state index is 12.4. The van der Waals surface area contributed by atoms with Crippen molar-refractivity contribution in [2.45, 2.75) is 11.6 Å². The second-order valence-electron chi connectivity index (χ2n) is 8.58. The zero-order chi connectivity index (χ0) is 26.9. The SMILES string of the molecule is COc1ccc(N2CCN(c3cc(Cl)nc(SCC(=O)NCCc4ccc(OC)c(OC)c4)n3)CC2)cc1. The van der Waals surface area contributed by atoms with Crippen LogP contribution in [0.4, 0.5) is 11.5 Å². The standard InChI is InChI=1S/C27H32ClN5O4S/c1-35-21-7-5-20(6-8-21)32-12-14-33(15-13-32)25-17-24(28)30-27(31-25)38-18-26(34)29-11-10-19-4-9-22(36-2)23(16-19)37-3/h4-9,16-17H,10-15,18H2,1-3H3,(H,29,34). The van der Waals surface area contributed by atoms with Crippen LogP contribution in [-0.4, -0.2) is 75.7 Å². The lowest BCUT2D eigenvalue weighted by Gasteiger charge is -2.36. The number of anilines is 2. The van der Waals surface area contributed by atoms with Gasteiger partial charge in [-0.15, -0.1) is 0 Å². The molecular weight excluding hydrogens is 526 g/mol. The third kappa shape index (κ3) is 7.35. The maximum absolute atomic E-state index is 12.4. The van der Waals surface area contributed by atoms with E-state index in [2.05, 4.69) is 37.2 Å². The Bertz CT molecular complexity index is 1220. The molecule has 2 aromatic carbocycles. The summed E-state index contributed by atoms with van der Waals surface area (Å²) in [6, 6.07) is 15.6. The van der Waals surface area contributed by atoms with E-state index in [1.165, 1.54) is 17.4 Å². The largest absolute Gasteiger partial charge is 0.497 e. The number of piperazine rings is 1. The van der Waals surface area contributed by atoms with Gasteiger partial charge in [0.05, 0.1) is 27.1 Å². The summed E-state index contributed by atoms with van der Waals surface area (Å²) in [5.41, 5.74) is 2.21. The summed E-state index contributed by atoms with van der Waals surface area (Å²) in [6.45, 7) is 3.84. The number of rotatable bonds is 11. The highest BCUT2D eigenvalue weighted by molar-refractivity contribution is 7.99. The van der Waals surface area contributed by atoms with Crippen molar-refractivity contribution in [2.75, 3.05) is 69.6 Å². The van der Waals surface area contributed by atoms with E-state index in [0.29, 0.717) is 34.8 Å². The van der Waals surface area contributed by atoms with Crippen LogP contribution in [0, 0.1) is 0 Å². The van der Waals surface area contributed by atoms with E-state index in [-0.39, 0.29) is 11.7 Å². The van der Waals surface area contributed by atoms with Crippen molar-refractivity contribution >= 4 is 40.8 Å². The zero-order valence-electron chi connectivity index (χ0n) is 21.8. The van der Waals surface area contributed by atoms with Gasteiger partial charge in [0, 0.05) is 44.5 Å². The number of thioether (sulfide) groups is 1. The van der Waals surface area contributed by atoms with E-state index in [1.807, 2.05) is 30.3 Å². The van der Waals surface area contributed by atoms with Crippen LogP contribution in [-0.2, 0) is 11.2 Å². The van der Waals surface area contributed by atoms with E-state index < -0.39 is 0 Å². The van der Waals surface area contributed by atoms with Crippen molar-refractivity contribution in [1.82, 2.24) is 15.3 Å². The molecule has 1 fully saturated rings. The molecule has 0 radical (unpaired) electrons. The molecule has 1 amide bonds. The van der Waals surface area contributed by atoms with Crippen molar-refractivity contribution in [3.8, 4) is 17.2 Å². The van der Waals surface area contributed by atoms with Gasteiger partial charge in [-0.2, -0.15) is 0 Å². The third-order valence-corrected chi connectivity index (χ3v) is 7.26. The lowest BCUT2D eigenvalue weighted by atomic mass is 10.1. The molecule has 4 rings (SSSR count). The minimum Gasteiger partial charge on any atom is -0.497 e. The highest BCUT2D eigenvalue weighted by atomic mass is 35.5. The van der Waals surface area contributed by atoms with Crippen LogP contribution >= 0.6 is 23.4 Å². The fraction of sp³-hybridized carbons (Fsp3) is 0.370. The number of nitrogens with zero attached hydrogens (tertiary/aromatic N) is 4. The number of methoxy groups -OCH3 is 3. The molecule has 0 spiro atoms. The molecule has 1 N–H and O–H groups in total. The molecule has 0 bridgehead atoms. The summed E-state index contributed by atoms with van der Waals surface area (Å²) in [7, 11) is 4.87. The predicted molar refractivity (Wildman–Crippen MR) is 151 cm³/mol. The fourth-order valence-electron chi connectivity index (χ4n) is 4.16. The average Bonchev–Trinajstić information content (AvgIpc) is 2.96. The molecule has 0 unspecified atom stereocenters. The average molecular weight is 558 g/mol. The summed E-state index contributed by atoms with van der Waals surface area (Å²) >= 11 is 7.58. The molecule has 0 atom stereocenters. The summed E-state index contributed by atoms with van der Waals surface area (Å²) < 4.78 is 15.9. The van der Waals surface area contributed by atoms with Gasteiger partial charge in [0.15, 0.2) is 16.7 Å². The molecule has 38 heavy (non-hydrogen) atoms. The molecule has 1 aliphatic rings. The Morgan fingerprint density at radius 1 is 0.921 bits per heavy atom. The third-order valence-electron chi connectivity index (χ3n) is 6.22. The number of benzene rings is 2. The Balaban J connectivity index is 1.25. The Morgan fingerprint density at radius 2 is 1.63 bits per heavy atom. The number of amides is 1. The number of ether oxygens (including phenoxy) is 3. The first-order chi connectivity index (χ1) is 18.5. The number of carbonyl (C=O) groups is 1. The number of hydrogen-bond donors (Lipinski definition) is 1. The lowest BCUT2D eigenvalue weighted by Crippen LogP contribution is -2.46. The topological polar surface area (TPSA) is 89.1 Å².